The molecule has 17 heavy (non-hydrogen) atoms. The molecule has 0 atom stereocenters. The van der Waals surface area contributed by atoms with Gasteiger partial charge in [-0.2, -0.15) is 0 Å². The normalized spacial score (nSPS) is 15.7. The van der Waals surface area contributed by atoms with Crippen molar-refractivity contribution in [2.75, 3.05) is 0 Å². The van der Waals surface area contributed by atoms with E-state index < -0.39 is 0 Å². The summed E-state index contributed by atoms with van der Waals surface area (Å²) in [6.07, 6.45) is 0. The van der Waals surface area contributed by atoms with E-state index in [0.29, 0.717) is 0 Å². The van der Waals surface area contributed by atoms with Gasteiger partial charge in [-0.15, -0.1) is 0 Å². The van der Waals surface area contributed by atoms with E-state index in [4.69, 9.17) is 4.74 Å². The molecule has 0 radical (unpaired) electrons. The lowest BCUT2D eigenvalue weighted by molar-refractivity contribution is 0.417. The Morgan fingerprint density at radius 3 is 2.41 bits per heavy atom. The quantitative estimate of drug-likeness (QED) is 0.643. The number of benzene rings is 2. The molecule has 1 heteroatoms. The Kier molecular flexibility index (Phi) is 2.06. The van der Waals surface area contributed by atoms with Crippen LogP contribution in [0.2, 0.25) is 0 Å². The summed E-state index contributed by atoms with van der Waals surface area (Å²) in [6.45, 7) is 6.60. The molecule has 0 amide bonds. The predicted molar refractivity (Wildman–Crippen MR) is 69.8 cm³/mol. The van der Waals surface area contributed by atoms with Crippen molar-refractivity contribution in [2.24, 2.45) is 0 Å². The monoisotopic (exact) mass is 224 g/mol. The number of para-hydroxylation sites is 1. The fourth-order valence-corrected chi connectivity index (χ4v) is 2.57. The van der Waals surface area contributed by atoms with E-state index in [2.05, 4.69) is 51.1 Å². The lowest BCUT2D eigenvalue weighted by atomic mass is 9.75. The smallest absolute Gasteiger partial charge is 0.131 e. The minimum Gasteiger partial charge on any atom is -0.457 e. The van der Waals surface area contributed by atoms with Crippen LogP contribution in [0.1, 0.15) is 30.5 Å². The van der Waals surface area contributed by atoms with Gasteiger partial charge >= 0.3 is 0 Å². The zero-order valence-corrected chi connectivity index (χ0v) is 10.4. The first-order valence-electron chi connectivity index (χ1n) is 5.97. The summed E-state index contributed by atoms with van der Waals surface area (Å²) in [5, 5.41) is 0. The van der Waals surface area contributed by atoms with Crippen LogP contribution in [-0.4, -0.2) is 0 Å². The van der Waals surface area contributed by atoms with E-state index in [-0.39, 0.29) is 5.41 Å². The van der Waals surface area contributed by atoms with E-state index in [1.807, 2.05) is 12.1 Å². The van der Waals surface area contributed by atoms with Crippen LogP contribution in [0.5, 0.6) is 11.5 Å². The Bertz CT molecular complexity index is 582. The van der Waals surface area contributed by atoms with Gasteiger partial charge in [0.1, 0.15) is 11.5 Å². The third-order valence-electron chi connectivity index (χ3n) is 3.59. The van der Waals surface area contributed by atoms with E-state index in [0.717, 1.165) is 11.5 Å². The van der Waals surface area contributed by atoms with Crippen molar-refractivity contribution in [2.45, 2.75) is 26.2 Å². The molecule has 0 saturated carbocycles. The highest BCUT2D eigenvalue weighted by molar-refractivity contribution is 5.57. The largest absolute Gasteiger partial charge is 0.457 e. The molecule has 0 bridgehead atoms. The van der Waals surface area contributed by atoms with Gasteiger partial charge in [-0.05, 0) is 24.6 Å². The molecule has 3 rings (SSSR count). The van der Waals surface area contributed by atoms with Crippen LogP contribution in [0.3, 0.4) is 0 Å². The lowest BCUT2D eigenvalue weighted by Gasteiger charge is -2.34. The van der Waals surface area contributed by atoms with Gasteiger partial charge in [0.2, 0.25) is 0 Å². The maximum absolute atomic E-state index is 5.99. The van der Waals surface area contributed by atoms with Gasteiger partial charge in [-0.25, -0.2) is 0 Å². The van der Waals surface area contributed by atoms with Crippen molar-refractivity contribution < 1.29 is 4.74 Å². The average Bonchev–Trinajstić information content (AvgIpc) is 2.28. The van der Waals surface area contributed by atoms with Crippen LogP contribution in [-0.2, 0) is 5.41 Å². The summed E-state index contributed by atoms with van der Waals surface area (Å²) in [6, 6.07) is 14.7. The molecule has 0 spiro atoms. The molecule has 0 fully saturated rings. The molecule has 2 aromatic carbocycles. The van der Waals surface area contributed by atoms with E-state index in [1.54, 1.807) is 0 Å². The third-order valence-corrected chi connectivity index (χ3v) is 3.59. The predicted octanol–water partition coefficient (Wildman–Crippen LogP) is 4.43. The molecule has 0 aromatic heterocycles. The second kappa shape index (κ2) is 3.36. The molecule has 1 nitrogen and oxygen atoms in total. The van der Waals surface area contributed by atoms with Crippen molar-refractivity contribution in [3.8, 4) is 11.5 Å². The molecule has 2 aromatic rings. The molecular formula is C16H16O. The highest BCUT2D eigenvalue weighted by Gasteiger charge is 2.33. The van der Waals surface area contributed by atoms with Gasteiger partial charge in [-0.3, -0.25) is 0 Å². The summed E-state index contributed by atoms with van der Waals surface area (Å²) >= 11 is 0. The van der Waals surface area contributed by atoms with Crippen LogP contribution >= 0.6 is 0 Å². The molecule has 1 aliphatic heterocycles. The number of hydrogen-bond acceptors (Lipinski definition) is 1. The zero-order valence-electron chi connectivity index (χ0n) is 10.4. The number of fused-ring (bicyclic) bond motifs is 2. The first-order chi connectivity index (χ1) is 8.09. The van der Waals surface area contributed by atoms with Crippen LogP contribution < -0.4 is 4.74 Å². The lowest BCUT2D eigenvalue weighted by Crippen LogP contribution is -2.24. The summed E-state index contributed by atoms with van der Waals surface area (Å²) < 4.78 is 5.99. The van der Waals surface area contributed by atoms with Gasteiger partial charge in [0, 0.05) is 16.5 Å². The van der Waals surface area contributed by atoms with Crippen molar-refractivity contribution in [3.63, 3.8) is 0 Å². The number of rotatable bonds is 0. The standard InChI is InChI=1S/C16H16O/c1-11-8-9-13-15(10-11)17-14-7-5-4-6-12(14)16(13,2)3/h4-10H,1-3H3. The van der Waals surface area contributed by atoms with Crippen molar-refractivity contribution in [3.05, 3.63) is 59.2 Å². The second-order valence-corrected chi connectivity index (χ2v) is 5.22. The minimum atomic E-state index is 0.0118. The third kappa shape index (κ3) is 1.46. The van der Waals surface area contributed by atoms with E-state index in [9.17, 15) is 0 Å². The van der Waals surface area contributed by atoms with Crippen molar-refractivity contribution >= 4 is 0 Å². The maximum Gasteiger partial charge on any atom is 0.131 e. The van der Waals surface area contributed by atoms with Gasteiger partial charge < -0.3 is 4.74 Å². The summed E-state index contributed by atoms with van der Waals surface area (Å²) in [4.78, 5) is 0. The van der Waals surface area contributed by atoms with E-state index in [1.165, 1.54) is 16.7 Å². The molecule has 0 saturated heterocycles. The Morgan fingerprint density at radius 1 is 0.882 bits per heavy atom. The van der Waals surface area contributed by atoms with Gasteiger partial charge in [0.25, 0.3) is 0 Å². The maximum atomic E-state index is 5.99. The first-order valence-corrected chi connectivity index (χ1v) is 5.97. The van der Waals surface area contributed by atoms with Gasteiger partial charge in [-0.1, -0.05) is 44.2 Å². The van der Waals surface area contributed by atoms with Crippen LogP contribution in [0.4, 0.5) is 0 Å². The second-order valence-electron chi connectivity index (χ2n) is 5.22. The Hall–Kier alpha value is -1.76. The summed E-state index contributed by atoms with van der Waals surface area (Å²) in [7, 11) is 0. The Morgan fingerprint density at radius 2 is 1.59 bits per heavy atom. The Balaban J connectivity index is 2.26. The highest BCUT2D eigenvalue weighted by Crippen LogP contribution is 2.47. The molecule has 0 aliphatic carbocycles. The van der Waals surface area contributed by atoms with Gasteiger partial charge in [0.05, 0.1) is 0 Å². The fraction of sp³-hybridized carbons (Fsp3) is 0.250. The first kappa shape index (κ1) is 10.4. The topological polar surface area (TPSA) is 9.23 Å². The van der Waals surface area contributed by atoms with Crippen molar-refractivity contribution in [1.82, 2.24) is 0 Å². The zero-order chi connectivity index (χ0) is 12.0. The number of ether oxygens (including phenoxy) is 1. The van der Waals surface area contributed by atoms with Crippen LogP contribution in [0.15, 0.2) is 42.5 Å². The summed E-state index contributed by atoms with van der Waals surface area (Å²) in [5.74, 6) is 1.98. The number of hydrogen-bond donors (Lipinski definition) is 0. The molecule has 0 unspecified atom stereocenters. The fourth-order valence-electron chi connectivity index (χ4n) is 2.57. The molecule has 1 heterocycles. The molecule has 1 aliphatic rings. The highest BCUT2D eigenvalue weighted by atomic mass is 16.5. The van der Waals surface area contributed by atoms with Gasteiger partial charge in [0.15, 0.2) is 0 Å². The number of aryl methyl sites for hydroxylation is 1. The molecular weight excluding hydrogens is 208 g/mol. The van der Waals surface area contributed by atoms with E-state index >= 15 is 0 Å². The molecule has 0 N–H and O–H groups in total. The molecule has 86 valence electrons. The SMILES string of the molecule is Cc1ccc2c(c1)Oc1ccccc1C2(C)C. The van der Waals surface area contributed by atoms with Crippen LogP contribution in [0.25, 0.3) is 0 Å². The average molecular weight is 224 g/mol. The summed E-state index contributed by atoms with van der Waals surface area (Å²) in [5.41, 5.74) is 3.77. The van der Waals surface area contributed by atoms with Crippen LogP contribution in [0, 0.1) is 6.92 Å². The minimum absolute atomic E-state index is 0.0118. The van der Waals surface area contributed by atoms with Crippen molar-refractivity contribution in [1.29, 1.82) is 0 Å². The Labute approximate surface area is 102 Å².